The van der Waals surface area contributed by atoms with Crippen LogP contribution in [-0.2, 0) is 0 Å². The van der Waals surface area contributed by atoms with Crippen LogP contribution in [0, 0.1) is 10.1 Å². The van der Waals surface area contributed by atoms with Gasteiger partial charge in [-0.2, -0.15) is 0 Å². The monoisotopic (exact) mass is 352 g/mol. The maximum Gasteiger partial charge on any atom is 0.292 e. The van der Waals surface area contributed by atoms with Crippen molar-refractivity contribution in [3.8, 4) is 11.5 Å². The van der Waals surface area contributed by atoms with Crippen LogP contribution in [0.15, 0.2) is 48.6 Å². The van der Waals surface area contributed by atoms with E-state index < -0.39 is 4.92 Å². The summed E-state index contributed by atoms with van der Waals surface area (Å²) in [5.74, 6) is 0.854. The average Bonchev–Trinajstić information content (AvgIpc) is 2.50. The molecule has 7 heteroatoms. The van der Waals surface area contributed by atoms with Gasteiger partial charge in [0, 0.05) is 23.7 Å². The molecule has 0 aromatic heterocycles. The summed E-state index contributed by atoms with van der Waals surface area (Å²) in [6, 6.07) is 9.32. The number of anilines is 1. The molecule has 0 fully saturated rings. The maximum atomic E-state index is 11.1. The molecule has 0 aliphatic carbocycles. The molecule has 0 aliphatic rings. The highest BCUT2D eigenvalue weighted by molar-refractivity contribution is 6.35. The summed E-state index contributed by atoms with van der Waals surface area (Å²) >= 11 is 11.9. The number of nitro groups is 1. The molecule has 0 bridgehead atoms. The van der Waals surface area contributed by atoms with Crippen molar-refractivity contribution in [3.63, 3.8) is 0 Å². The molecule has 0 spiro atoms. The predicted molar refractivity (Wildman–Crippen MR) is 92.9 cm³/mol. The standard InChI is InChI=1S/C16H14Cl2N2O3/c1-2-3-8-19-14-10-12(5-6-15(14)20(21)22)23-16-7-4-11(17)9-13(16)18/h2-7,9-10,19H,8H2,1H3/b3-2+. The Hall–Kier alpha value is -2.24. The topological polar surface area (TPSA) is 64.4 Å². The minimum Gasteiger partial charge on any atom is -0.456 e. The fourth-order valence-electron chi connectivity index (χ4n) is 1.85. The van der Waals surface area contributed by atoms with Gasteiger partial charge < -0.3 is 10.1 Å². The van der Waals surface area contributed by atoms with Crippen molar-refractivity contribution in [1.29, 1.82) is 0 Å². The second kappa shape index (κ2) is 7.85. The van der Waals surface area contributed by atoms with Crippen LogP contribution < -0.4 is 10.1 Å². The molecule has 0 amide bonds. The van der Waals surface area contributed by atoms with Crippen molar-refractivity contribution in [3.05, 3.63) is 68.7 Å². The number of halogens is 2. The second-order valence-electron chi connectivity index (χ2n) is 4.56. The van der Waals surface area contributed by atoms with Gasteiger partial charge in [-0.3, -0.25) is 10.1 Å². The van der Waals surface area contributed by atoms with E-state index in [0.29, 0.717) is 33.8 Å². The van der Waals surface area contributed by atoms with Crippen molar-refractivity contribution in [2.75, 3.05) is 11.9 Å². The first-order valence-corrected chi connectivity index (χ1v) is 7.53. The zero-order valence-corrected chi connectivity index (χ0v) is 13.8. The number of nitrogens with zero attached hydrogens (tertiary/aromatic N) is 1. The molecule has 2 aromatic rings. The fraction of sp³-hybridized carbons (Fsp3) is 0.125. The Labute approximate surface area is 143 Å². The number of benzene rings is 2. The van der Waals surface area contributed by atoms with Crippen LogP contribution in [0.2, 0.25) is 10.0 Å². The van der Waals surface area contributed by atoms with Crippen molar-refractivity contribution in [1.82, 2.24) is 0 Å². The third kappa shape index (κ3) is 4.61. The molecule has 0 unspecified atom stereocenters. The Kier molecular flexibility index (Phi) is 5.84. The van der Waals surface area contributed by atoms with E-state index in [9.17, 15) is 10.1 Å². The van der Waals surface area contributed by atoms with E-state index in [0.717, 1.165) is 0 Å². The average molecular weight is 353 g/mol. The smallest absolute Gasteiger partial charge is 0.292 e. The van der Waals surface area contributed by atoms with Gasteiger partial charge in [0.05, 0.1) is 9.95 Å². The number of rotatable bonds is 6. The summed E-state index contributed by atoms with van der Waals surface area (Å²) in [5.41, 5.74) is 0.347. The highest BCUT2D eigenvalue weighted by atomic mass is 35.5. The minimum absolute atomic E-state index is 0.0240. The number of nitro benzene ring substituents is 1. The number of nitrogens with one attached hydrogen (secondary N) is 1. The van der Waals surface area contributed by atoms with E-state index in [1.54, 1.807) is 24.3 Å². The van der Waals surface area contributed by atoms with Gasteiger partial charge in [0.1, 0.15) is 17.2 Å². The van der Waals surface area contributed by atoms with Gasteiger partial charge in [-0.1, -0.05) is 35.4 Å². The van der Waals surface area contributed by atoms with E-state index in [4.69, 9.17) is 27.9 Å². The molecule has 23 heavy (non-hydrogen) atoms. The fourth-order valence-corrected chi connectivity index (χ4v) is 2.30. The molecule has 0 heterocycles. The van der Waals surface area contributed by atoms with Gasteiger partial charge in [0.2, 0.25) is 0 Å². The van der Waals surface area contributed by atoms with Gasteiger partial charge in [-0.05, 0) is 31.2 Å². The molecule has 5 nitrogen and oxygen atoms in total. The summed E-state index contributed by atoms with van der Waals surface area (Å²) in [7, 11) is 0. The van der Waals surface area contributed by atoms with E-state index in [-0.39, 0.29) is 5.69 Å². The molecular formula is C16H14Cl2N2O3. The van der Waals surface area contributed by atoms with Gasteiger partial charge in [-0.25, -0.2) is 0 Å². The molecule has 120 valence electrons. The normalized spacial score (nSPS) is 10.7. The van der Waals surface area contributed by atoms with Gasteiger partial charge >= 0.3 is 0 Å². The SMILES string of the molecule is C/C=C/CNc1cc(Oc2ccc(Cl)cc2Cl)ccc1[N+](=O)[O-]. The third-order valence-corrected chi connectivity index (χ3v) is 3.46. The van der Waals surface area contributed by atoms with Gasteiger partial charge in [-0.15, -0.1) is 0 Å². The molecule has 0 aliphatic heterocycles. The number of allylic oxidation sites excluding steroid dienone is 1. The Morgan fingerprint density at radius 1 is 1.26 bits per heavy atom. The molecule has 0 atom stereocenters. The first-order valence-electron chi connectivity index (χ1n) is 6.77. The van der Waals surface area contributed by atoms with Gasteiger partial charge in [0.15, 0.2) is 0 Å². The van der Waals surface area contributed by atoms with E-state index in [1.807, 2.05) is 19.1 Å². The molecule has 0 saturated carbocycles. The number of ether oxygens (including phenoxy) is 1. The second-order valence-corrected chi connectivity index (χ2v) is 5.41. The van der Waals surface area contributed by atoms with E-state index in [1.165, 1.54) is 12.1 Å². The lowest BCUT2D eigenvalue weighted by molar-refractivity contribution is -0.384. The highest BCUT2D eigenvalue weighted by Gasteiger charge is 2.15. The lowest BCUT2D eigenvalue weighted by Gasteiger charge is -2.10. The van der Waals surface area contributed by atoms with Crippen LogP contribution >= 0.6 is 23.2 Å². The Balaban J connectivity index is 2.28. The van der Waals surface area contributed by atoms with Gasteiger partial charge in [0.25, 0.3) is 5.69 Å². The number of hydrogen-bond acceptors (Lipinski definition) is 4. The third-order valence-electron chi connectivity index (χ3n) is 2.93. The van der Waals surface area contributed by atoms with Crippen molar-refractivity contribution in [2.24, 2.45) is 0 Å². The molecular weight excluding hydrogens is 339 g/mol. The summed E-state index contributed by atoms with van der Waals surface area (Å²) in [6.07, 6.45) is 3.71. The summed E-state index contributed by atoms with van der Waals surface area (Å²) < 4.78 is 5.67. The molecule has 1 N–H and O–H groups in total. The van der Waals surface area contributed by atoms with Crippen LogP contribution in [0.1, 0.15) is 6.92 Å². The first kappa shape index (κ1) is 17.1. The van der Waals surface area contributed by atoms with Crippen molar-refractivity contribution >= 4 is 34.6 Å². The molecule has 0 saturated heterocycles. The Morgan fingerprint density at radius 3 is 2.70 bits per heavy atom. The highest BCUT2D eigenvalue weighted by Crippen LogP contribution is 2.35. The van der Waals surface area contributed by atoms with E-state index >= 15 is 0 Å². The predicted octanol–water partition coefficient (Wildman–Crippen LogP) is 5.68. The van der Waals surface area contributed by atoms with Crippen LogP contribution in [0.25, 0.3) is 0 Å². The summed E-state index contributed by atoms with van der Waals surface area (Å²) in [6.45, 7) is 2.35. The van der Waals surface area contributed by atoms with Crippen molar-refractivity contribution < 1.29 is 9.66 Å². The van der Waals surface area contributed by atoms with E-state index in [2.05, 4.69) is 5.32 Å². The van der Waals surface area contributed by atoms with Crippen LogP contribution in [0.3, 0.4) is 0 Å². The Bertz CT molecular complexity index is 748. The zero-order valence-electron chi connectivity index (χ0n) is 12.3. The van der Waals surface area contributed by atoms with Crippen LogP contribution in [0.4, 0.5) is 11.4 Å². The number of hydrogen-bond donors (Lipinski definition) is 1. The van der Waals surface area contributed by atoms with Crippen molar-refractivity contribution in [2.45, 2.75) is 6.92 Å². The minimum atomic E-state index is -0.447. The lowest BCUT2D eigenvalue weighted by atomic mass is 10.2. The van der Waals surface area contributed by atoms with Crippen LogP contribution in [-0.4, -0.2) is 11.5 Å². The Morgan fingerprint density at radius 2 is 2.04 bits per heavy atom. The summed E-state index contributed by atoms with van der Waals surface area (Å²) in [5, 5.41) is 14.9. The van der Waals surface area contributed by atoms with Crippen LogP contribution in [0.5, 0.6) is 11.5 Å². The largest absolute Gasteiger partial charge is 0.456 e. The maximum absolute atomic E-state index is 11.1. The lowest BCUT2D eigenvalue weighted by Crippen LogP contribution is -2.02. The molecule has 0 radical (unpaired) electrons. The first-order chi connectivity index (χ1) is 11.0. The summed E-state index contributed by atoms with van der Waals surface area (Å²) in [4.78, 5) is 10.6. The molecule has 2 aromatic carbocycles. The zero-order chi connectivity index (χ0) is 16.8. The quantitative estimate of drug-likeness (QED) is 0.412. The molecule has 2 rings (SSSR count).